The highest BCUT2D eigenvalue weighted by Gasteiger charge is 2.26. The molecule has 0 aliphatic carbocycles. The quantitative estimate of drug-likeness (QED) is 0.114. The second-order valence-electron chi connectivity index (χ2n) is 11.8. The van der Waals surface area contributed by atoms with Crippen LogP contribution in [0.2, 0.25) is 0 Å². The van der Waals surface area contributed by atoms with Crippen LogP contribution in [0.5, 0.6) is 0 Å². The lowest BCUT2D eigenvalue weighted by atomic mass is 10.0. The first-order valence-corrected chi connectivity index (χ1v) is 14.4. The number of amides is 1. The summed E-state index contributed by atoms with van der Waals surface area (Å²) in [5.74, 6) is -1.95. The Morgan fingerprint density at radius 1 is 0.667 bits per heavy atom. The molecular formula is C29H53NO9. The Labute approximate surface area is 234 Å². The number of nitrogens with one attached hydrogen (secondary N) is 1. The third-order valence-corrected chi connectivity index (χ3v) is 6.32. The zero-order valence-electron chi connectivity index (χ0n) is 24.8. The number of esters is 2. The fourth-order valence-electron chi connectivity index (χ4n) is 3.97. The number of unbranched alkanes of at least 4 members (excludes halogenated alkanes) is 1. The second-order valence-corrected chi connectivity index (χ2v) is 11.8. The Bertz CT molecular complexity index is 724. The van der Waals surface area contributed by atoms with Crippen molar-refractivity contribution in [2.24, 2.45) is 17.8 Å². The molecule has 1 amide bonds. The largest absolute Gasteiger partial charge is 0.480 e. The average molecular weight is 560 g/mol. The van der Waals surface area contributed by atoms with E-state index in [0.717, 1.165) is 25.7 Å². The topological polar surface area (TPSA) is 159 Å². The summed E-state index contributed by atoms with van der Waals surface area (Å²) in [7, 11) is 0. The molecule has 0 bridgehead atoms. The average Bonchev–Trinajstić information content (AvgIpc) is 2.81. The molecule has 0 aliphatic heterocycles. The minimum Gasteiger partial charge on any atom is -0.480 e. The van der Waals surface area contributed by atoms with E-state index in [2.05, 4.69) is 19.2 Å². The lowest BCUT2D eigenvalue weighted by molar-refractivity contribution is -0.160. The molecular weight excluding hydrogens is 506 g/mol. The van der Waals surface area contributed by atoms with Crippen molar-refractivity contribution in [1.82, 2.24) is 5.32 Å². The number of aliphatic hydroxyl groups excluding tert-OH is 2. The van der Waals surface area contributed by atoms with Crippen LogP contribution in [0, 0.1) is 17.8 Å². The number of aliphatic hydroxyl groups is 2. The molecule has 0 aromatic heterocycles. The maximum Gasteiger partial charge on any atom is 0.328 e. The summed E-state index contributed by atoms with van der Waals surface area (Å²) in [5, 5.41) is 30.7. The Morgan fingerprint density at radius 2 is 1.15 bits per heavy atom. The zero-order valence-corrected chi connectivity index (χ0v) is 24.8. The van der Waals surface area contributed by atoms with Gasteiger partial charge in [0.25, 0.3) is 0 Å². The monoisotopic (exact) mass is 559 g/mol. The maximum atomic E-state index is 12.9. The van der Waals surface area contributed by atoms with E-state index in [1.165, 1.54) is 0 Å². The number of rotatable bonds is 22. The number of carboxylic acids is 1. The molecule has 0 fully saturated rings. The van der Waals surface area contributed by atoms with Crippen molar-refractivity contribution in [3.05, 3.63) is 0 Å². The standard InChI is InChI=1S/C29H53NO9/c1-19(2)9-7-8-10-23(16-26(33)30-25(18-31)29(36)37)38-28(35)17-24(14-12-21(5)6)39-27(34)15-22(32)13-11-20(3)4/h19-25,31-32H,7-18H2,1-6H3,(H,30,33)(H,36,37)/t22-,23+,24-,25+/m0/s1. The van der Waals surface area contributed by atoms with E-state index in [1.807, 2.05) is 27.7 Å². The smallest absolute Gasteiger partial charge is 0.328 e. The van der Waals surface area contributed by atoms with Gasteiger partial charge in [-0.15, -0.1) is 0 Å². The van der Waals surface area contributed by atoms with Gasteiger partial charge < -0.3 is 30.1 Å². The SMILES string of the molecule is CC(C)CCCC[C@H](CC(=O)N[C@H](CO)C(=O)O)OC(=O)C[C@H](CCC(C)C)OC(=O)C[C@@H](O)CCC(C)C. The van der Waals surface area contributed by atoms with Crippen molar-refractivity contribution in [2.75, 3.05) is 6.61 Å². The number of hydrogen-bond acceptors (Lipinski definition) is 8. The molecule has 0 heterocycles. The summed E-state index contributed by atoms with van der Waals surface area (Å²) in [6, 6.07) is -1.44. The van der Waals surface area contributed by atoms with Crippen molar-refractivity contribution < 1.29 is 44.0 Å². The Balaban J connectivity index is 5.22. The van der Waals surface area contributed by atoms with Crippen LogP contribution in [0.15, 0.2) is 0 Å². The molecule has 0 rings (SSSR count). The van der Waals surface area contributed by atoms with Gasteiger partial charge in [-0.1, -0.05) is 54.4 Å². The summed E-state index contributed by atoms with van der Waals surface area (Å²) in [4.78, 5) is 48.9. The van der Waals surface area contributed by atoms with Crippen LogP contribution in [0.25, 0.3) is 0 Å². The molecule has 0 aromatic rings. The molecule has 0 unspecified atom stereocenters. The van der Waals surface area contributed by atoms with Crippen LogP contribution < -0.4 is 5.32 Å². The van der Waals surface area contributed by atoms with E-state index in [-0.39, 0.29) is 19.3 Å². The zero-order chi connectivity index (χ0) is 30.0. The lowest BCUT2D eigenvalue weighted by Crippen LogP contribution is -2.44. The predicted molar refractivity (Wildman–Crippen MR) is 148 cm³/mol. The Kier molecular flexibility index (Phi) is 19.5. The number of ether oxygens (including phenoxy) is 2. The molecule has 0 saturated carbocycles. The molecule has 0 spiro atoms. The minimum atomic E-state index is -1.44. The van der Waals surface area contributed by atoms with E-state index in [1.54, 1.807) is 0 Å². The number of aliphatic carboxylic acids is 1. The fraction of sp³-hybridized carbons (Fsp3) is 0.862. The normalized spacial score (nSPS) is 14.6. The summed E-state index contributed by atoms with van der Waals surface area (Å²) >= 11 is 0. The minimum absolute atomic E-state index is 0.145. The molecule has 0 aliphatic rings. The van der Waals surface area contributed by atoms with Crippen molar-refractivity contribution >= 4 is 23.8 Å². The summed E-state index contributed by atoms with van der Waals surface area (Å²) in [6.07, 6.45) is 2.58. The fourth-order valence-corrected chi connectivity index (χ4v) is 3.97. The highest BCUT2D eigenvalue weighted by Crippen LogP contribution is 2.19. The molecule has 10 heteroatoms. The van der Waals surface area contributed by atoms with Gasteiger partial charge in [0, 0.05) is 0 Å². The molecule has 4 atom stereocenters. The van der Waals surface area contributed by atoms with Crippen LogP contribution in [-0.2, 0) is 28.7 Å². The third-order valence-electron chi connectivity index (χ3n) is 6.32. The van der Waals surface area contributed by atoms with Gasteiger partial charge >= 0.3 is 17.9 Å². The van der Waals surface area contributed by atoms with Crippen molar-refractivity contribution in [1.29, 1.82) is 0 Å². The van der Waals surface area contributed by atoms with Gasteiger partial charge in [-0.25, -0.2) is 4.79 Å². The van der Waals surface area contributed by atoms with Crippen molar-refractivity contribution in [3.8, 4) is 0 Å². The first-order chi connectivity index (χ1) is 18.2. The predicted octanol–water partition coefficient (Wildman–Crippen LogP) is 3.99. The van der Waals surface area contributed by atoms with E-state index < -0.39 is 54.8 Å². The maximum absolute atomic E-state index is 12.9. The van der Waals surface area contributed by atoms with Gasteiger partial charge in [-0.05, 0) is 56.3 Å². The first-order valence-electron chi connectivity index (χ1n) is 14.4. The van der Waals surface area contributed by atoms with Crippen LogP contribution in [0.1, 0.15) is 112 Å². The molecule has 4 N–H and O–H groups in total. The number of hydrogen-bond donors (Lipinski definition) is 4. The summed E-state index contributed by atoms with van der Waals surface area (Å²) in [5.41, 5.74) is 0. The van der Waals surface area contributed by atoms with Gasteiger partial charge in [0.1, 0.15) is 18.2 Å². The number of carbonyl (C=O) groups excluding carboxylic acids is 3. The van der Waals surface area contributed by atoms with Crippen molar-refractivity contribution in [2.45, 2.75) is 137 Å². The van der Waals surface area contributed by atoms with E-state index in [0.29, 0.717) is 43.4 Å². The Morgan fingerprint density at radius 3 is 1.67 bits per heavy atom. The van der Waals surface area contributed by atoms with Gasteiger partial charge in [-0.3, -0.25) is 14.4 Å². The second kappa shape index (κ2) is 20.7. The van der Waals surface area contributed by atoms with E-state index in [9.17, 15) is 29.4 Å². The van der Waals surface area contributed by atoms with Crippen molar-refractivity contribution in [3.63, 3.8) is 0 Å². The molecule has 10 nitrogen and oxygen atoms in total. The molecule has 0 aromatic carbocycles. The van der Waals surface area contributed by atoms with Gasteiger partial charge in [0.05, 0.1) is 32.0 Å². The number of carbonyl (C=O) groups is 4. The summed E-state index contributed by atoms with van der Waals surface area (Å²) < 4.78 is 11.2. The summed E-state index contributed by atoms with van der Waals surface area (Å²) in [6.45, 7) is 11.6. The Hall–Kier alpha value is -2.20. The highest BCUT2D eigenvalue weighted by molar-refractivity contribution is 5.84. The third kappa shape index (κ3) is 20.4. The number of carboxylic acid groups (broad SMARTS) is 1. The lowest BCUT2D eigenvalue weighted by Gasteiger charge is -2.22. The van der Waals surface area contributed by atoms with E-state index >= 15 is 0 Å². The van der Waals surface area contributed by atoms with Crippen LogP contribution >= 0.6 is 0 Å². The highest BCUT2D eigenvalue weighted by atomic mass is 16.6. The molecule has 0 radical (unpaired) electrons. The van der Waals surface area contributed by atoms with Gasteiger partial charge in [-0.2, -0.15) is 0 Å². The van der Waals surface area contributed by atoms with Gasteiger partial charge in [0.15, 0.2) is 0 Å². The van der Waals surface area contributed by atoms with Crippen LogP contribution in [0.4, 0.5) is 0 Å². The van der Waals surface area contributed by atoms with Crippen LogP contribution in [-0.4, -0.2) is 70.1 Å². The van der Waals surface area contributed by atoms with E-state index in [4.69, 9.17) is 14.6 Å². The van der Waals surface area contributed by atoms with Gasteiger partial charge in [0.2, 0.25) is 5.91 Å². The first kappa shape index (κ1) is 36.8. The molecule has 0 saturated heterocycles. The molecule has 39 heavy (non-hydrogen) atoms. The van der Waals surface area contributed by atoms with Crippen LogP contribution in [0.3, 0.4) is 0 Å². The molecule has 228 valence electrons.